The molecule has 3 saturated heterocycles. The Labute approximate surface area is 472 Å². The Morgan fingerprint density at radius 1 is 0.846 bits per heavy atom. The molecule has 22 heteroatoms. The number of benzene rings is 4. The molecule has 5 heterocycles. The zero-order valence-electron chi connectivity index (χ0n) is 44.5. The number of piperazine rings is 1. The smallest absolute Gasteiger partial charge is 0.252 e. The van der Waals surface area contributed by atoms with Crippen molar-refractivity contribution < 1.29 is 46.6 Å². The molecule has 16 nitrogen and oxygen atoms in total. The van der Waals surface area contributed by atoms with Crippen LogP contribution in [0.2, 0.25) is 0 Å². The van der Waals surface area contributed by atoms with Gasteiger partial charge in [0.2, 0.25) is 23.6 Å². The number of para-hydroxylation sites is 1. The summed E-state index contributed by atoms with van der Waals surface area (Å²) in [6.45, 7) is 12.7. The third-order valence-corrected chi connectivity index (χ3v) is 15.8. The van der Waals surface area contributed by atoms with Gasteiger partial charge in [0.05, 0.1) is 31.2 Å². The number of halogens is 6. The van der Waals surface area contributed by atoms with Gasteiger partial charge < -0.3 is 45.9 Å². The Balaban J connectivity index is 0.00000328. The standard InChI is InChI=1S/C56H68F3N9O7.3ClH/c1-33-27-66(42(26-61-33)29-65-19-22-75-31-34(65)2)30-48(69)68-32-56(4,44-16-11-37(24-47(44)68)23-36-9-13-40(57)14-10-36)55(73)62-41-15-12-39-28-67(51(43(39)25-41)53(71)64-50-45(58)7-6-8-46(50)59)54(72)49(38-17-20-74-21-18-38)63-52(70)35(3)60-5;;;/h6-16,24-25,33-35,38,42,49,51,60-61H,17-23,26-32H2,1-5H3,(H,62,73)(H,63,70)(H,64,71);3*1H/t33-,34-,35?,42-,49?,51+,56+;;;/m1.../s1. The molecule has 4 aromatic rings. The minimum absolute atomic E-state index is 0. The molecule has 0 spiro atoms. The summed E-state index contributed by atoms with van der Waals surface area (Å²) in [5, 5.41) is 14.9. The van der Waals surface area contributed by atoms with Gasteiger partial charge in [-0.05, 0) is 130 Å². The minimum atomic E-state index is -1.44. The van der Waals surface area contributed by atoms with Crippen molar-refractivity contribution in [2.75, 3.05) is 88.3 Å². The lowest BCUT2D eigenvalue weighted by molar-refractivity contribution is -0.144. The van der Waals surface area contributed by atoms with Crippen LogP contribution < -0.4 is 31.5 Å². The molecule has 5 aliphatic rings. The van der Waals surface area contributed by atoms with E-state index in [0.29, 0.717) is 81.2 Å². The number of fused-ring (bicyclic) bond motifs is 2. The van der Waals surface area contributed by atoms with Crippen molar-refractivity contribution in [1.29, 1.82) is 0 Å². The van der Waals surface area contributed by atoms with Crippen molar-refractivity contribution in [3.8, 4) is 0 Å². The van der Waals surface area contributed by atoms with E-state index in [1.54, 1.807) is 56.1 Å². The van der Waals surface area contributed by atoms with Crippen molar-refractivity contribution in [3.05, 3.63) is 124 Å². The molecule has 0 radical (unpaired) electrons. The van der Waals surface area contributed by atoms with Crippen LogP contribution in [-0.2, 0) is 51.8 Å². The van der Waals surface area contributed by atoms with Gasteiger partial charge in [-0.3, -0.25) is 33.8 Å². The fourth-order valence-electron chi connectivity index (χ4n) is 11.2. The topological polar surface area (TPSA) is 177 Å². The largest absolute Gasteiger partial charge is 0.381 e. The molecule has 5 N–H and O–H groups in total. The van der Waals surface area contributed by atoms with Crippen LogP contribution in [0.3, 0.4) is 0 Å². The van der Waals surface area contributed by atoms with E-state index in [1.807, 2.05) is 18.2 Å². The minimum Gasteiger partial charge on any atom is -0.381 e. The number of anilines is 3. The second-order valence-corrected chi connectivity index (χ2v) is 21.0. The maximum absolute atomic E-state index is 15.1. The number of rotatable bonds is 15. The summed E-state index contributed by atoms with van der Waals surface area (Å²) >= 11 is 0. The highest BCUT2D eigenvalue weighted by Gasteiger charge is 2.49. The van der Waals surface area contributed by atoms with Crippen LogP contribution in [0.1, 0.15) is 74.4 Å². The zero-order chi connectivity index (χ0) is 53.1. The van der Waals surface area contributed by atoms with Crippen LogP contribution in [-0.4, -0.2) is 147 Å². The average molecular weight is 1150 g/mol. The number of carbonyl (C=O) groups is 5. The summed E-state index contributed by atoms with van der Waals surface area (Å²) in [4.78, 5) is 80.5. The second kappa shape index (κ2) is 26.7. The van der Waals surface area contributed by atoms with Gasteiger partial charge in [-0.1, -0.05) is 36.4 Å². The molecule has 3 fully saturated rings. The first kappa shape index (κ1) is 61.9. The predicted molar refractivity (Wildman–Crippen MR) is 299 cm³/mol. The van der Waals surface area contributed by atoms with Gasteiger partial charge in [0, 0.05) is 82.0 Å². The van der Waals surface area contributed by atoms with Gasteiger partial charge in [0.15, 0.2) is 0 Å². The van der Waals surface area contributed by atoms with E-state index in [4.69, 9.17) is 9.47 Å². The molecule has 4 aromatic carbocycles. The lowest BCUT2D eigenvalue weighted by Gasteiger charge is -2.43. The van der Waals surface area contributed by atoms with Crippen LogP contribution in [0.25, 0.3) is 0 Å². The van der Waals surface area contributed by atoms with Crippen molar-refractivity contribution in [1.82, 2.24) is 30.7 Å². The Morgan fingerprint density at radius 2 is 1.55 bits per heavy atom. The summed E-state index contributed by atoms with van der Waals surface area (Å²) in [5.74, 6) is -5.22. The van der Waals surface area contributed by atoms with Crippen molar-refractivity contribution >= 4 is 83.8 Å². The van der Waals surface area contributed by atoms with Crippen LogP contribution in [0, 0.1) is 23.4 Å². The first-order chi connectivity index (χ1) is 36.0. The Bertz CT molecular complexity index is 2780. The van der Waals surface area contributed by atoms with Crippen molar-refractivity contribution in [3.63, 3.8) is 0 Å². The van der Waals surface area contributed by atoms with Gasteiger partial charge in [-0.2, -0.15) is 0 Å². The van der Waals surface area contributed by atoms with E-state index in [0.717, 1.165) is 36.3 Å². The zero-order valence-corrected chi connectivity index (χ0v) is 46.9. The Kier molecular flexibility index (Phi) is 21.2. The number of nitrogens with one attached hydrogen (secondary N) is 5. The van der Waals surface area contributed by atoms with Gasteiger partial charge >= 0.3 is 0 Å². The molecule has 7 atom stereocenters. The number of amides is 5. The van der Waals surface area contributed by atoms with Gasteiger partial charge in [0.1, 0.15) is 35.2 Å². The number of hydrogen-bond acceptors (Lipinski definition) is 11. The fraction of sp³-hybridized carbons (Fsp3) is 0.482. The van der Waals surface area contributed by atoms with Crippen LogP contribution >= 0.6 is 37.2 Å². The summed E-state index contributed by atoms with van der Waals surface area (Å²) in [7, 11) is 1.62. The number of hydrogen-bond donors (Lipinski definition) is 5. The number of likely N-dealkylation sites (N-methyl/N-ethyl adjacent to an activating group) is 1. The maximum Gasteiger partial charge on any atom is 0.252 e. The fourth-order valence-corrected chi connectivity index (χ4v) is 11.2. The number of ether oxygens (including phenoxy) is 2. The van der Waals surface area contributed by atoms with Crippen LogP contribution in [0.5, 0.6) is 0 Å². The molecule has 5 amide bonds. The quantitative estimate of drug-likeness (QED) is 0.0927. The molecule has 78 heavy (non-hydrogen) atoms. The summed E-state index contributed by atoms with van der Waals surface area (Å²) in [5.41, 5.74) is 2.10. The van der Waals surface area contributed by atoms with Crippen LogP contribution in [0.4, 0.5) is 30.2 Å². The first-order valence-electron chi connectivity index (χ1n) is 26.0. The van der Waals surface area contributed by atoms with Crippen molar-refractivity contribution in [2.45, 2.75) is 95.2 Å². The maximum atomic E-state index is 15.1. The highest BCUT2D eigenvalue weighted by atomic mass is 35.5. The monoisotopic (exact) mass is 1140 g/mol. The third kappa shape index (κ3) is 13.4. The molecule has 0 bridgehead atoms. The van der Waals surface area contributed by atoms with E-state index in [1.165, 1.54) is 23.1 Å². The molecule has 9 rings (SSSR count). The third-order valence-electron chi connectivity index (χ3n) is 15.8. The molecule has 0 aliphatic carbocycles. The van der Waals surface area contributed by atoms with E-state index in [9.17, 15) is 23.6 Å². The molecular weight excluding hydrogens is 1070 g/mol. The Hall–Kier alpha value is -5.35. The van der Waals surface area contributed by atoms with E-state index in [2.05, 4.69) is 50.2 Å². The summed E-state index contributed by atoms with van der Waals surface area (Å²) in [6.07, 6.45) is 1.38. The molecule has 0 aromatic heterocycles. The summed E-state index contributed by atoms with van der Waals surface area (Å²) < 4.78 is 55.5. The number of nitrogens with zero attached hydrogens (tertiary/aromatic N) is 4. The molecule has 424 valence electrons. The highest BCUT2D eigenvalue weighted by molar-refractivity contribution is 6.07. The molecule has 5 aliphatic heterocycles. The number of carbonyl (C=O) groups excluding carboxylic acids is 5. The SMILES string of the molecule is CNC(C)C(=O)NC(C(=O)N1Cc2ccc(NC(=O)[C@@]3(C)CN(C(=O)CN4C[C@@H](C)NC[C@@H]4CN4CCOC[C@H]4C)c4cc(Cc5ccc(F)cc5)ccc43)cc2[C@H]1C(=O)Nc1c(F)cccc1F)C1CCOCC1.Cl.Cl.Cl. The predicted octanol–water partition coefficient (Wildman–Crippen LogP) is 6.13. The molecule has 0 saturated carbocycles. The molecule has 2 unspecified atom stereocenters. The number of morpholine rings is 1. The van der Waals surface area contributed by atoms with E-state index in [-0.39, 0.29) is 98.3 Å². The van der Waals surface area contributed by atoms with E-state index >= 15 is 13.6 Å². The van der Waals surface area contributed by atoms with Gasteiger partial charge in [0.25, 0.3) is 5.91 Å². The van der Waals surface area contributed by atoms with Gasteiger partial charge in [-0.15, -0.1) is 37.2 Å². The van der Waals surface area contributed by atoms with Crippen LogP contribution in [0.15, 0.2) is 78.9 Å². The molecular formula is C56H71Cl3F3N9O7. The second-order valence-electron chi connectivity index (χ2n) is 21.0. The average Bonchev–Trinajstić information content (AvgIpc) is 4.06. The Morgan fingerprint density at radius 3 is 2.24 bits per heavy atom. The lowest BCUT2D eigenvalue weighted by Crippen LogP contribution is -2.62. The van der Waals surface area contributed by atoms with Crippen molar-refractivity contribution in [2.24, 2.45) is 5.92 Å². The summed E-state index contributed by atoms with van der Waals surface area (Å²) in [6, 6.07) is 17.4. The highest BCUT2D eigenvalue weighted by Crippen LogP contribution is 2.44. The van der Waals surface area contributed by atoms with E-state index < -0.39 is 64.5 Å². The lowest BCUT2D eigenvalue weighted by atomic mass is 9.82. The van der Waals surface area contributed by atoms with Gasteiger partial charge in [-0.25, -0.2) is 13.2 Å². The first-order valence-corrected chi connectivity index (χ1v) is 26.0. The normalized spacial score (nSPS) is 23.1.